The van der Waals surface area contributed by atoms with E-state index < -0.39 is 0 Å². The molecule has 0 aliphatic rings. The van der Waals surface area contributed by atoms with Gasteiger partial charge >= 0.3 is 0 Å². The van der Waals surface area contributed by atoms with Gasteiger partial charge in [0.2, 0.25) is 0 Å². The van der Waals surface area contributed by atoms with Gasteiger partial charge in [-0.2, -0.15) is 0 Å². The van der Waals surface area contributed by atoms with Crippen molar-refractivity contribution in [2.75, 3.05) is 45.2 Å². The third-order valence-electron chi connectivity index (χ3n) is 3.28. The normalized spacial score (nSPS) is 10.9. The molecule has 1 rings (SSSR count). The van der Waals surface area contributed by atoms with E-state index >= 15 is 0 Å². The number of nitrogens with zero attached hydrogens (tertiary/aromatic N) is 2. The smallest absolute Gasteiger partial charge is 0.0361 e. The van der Waals surface area contributed by atoms with E-state index in [0.717, 1.165) is 32.7 Å². The van der Waals surface area contributed by atoms with E-state index in [1.807, 2.05) is 0 Å². The first kappa shape index (κ1) is 15.0. The number of hydrogen-bond donors (Lipinski definition) is 1. The molecule has 0 aliphatic carbocycles. The molecule has 0 radical (unpaired) electrons. The van der Waals surface area contributed by atoms with E-state index in [4.69, 9.17) is 0 Å². The largest absolute Gasteiger partial charge is 0.378 e. The van der Waals surface area contributed by atoms with Gasteiger partial charge in [0, 0.05) is 39.4 Å². The average molecular weight is 249 g/mol. The van der Waals surface area contributed by atoms with E-state index in [2.05, 4.69) is 67.3 Å². The zero-order valence-electron chi connectivity index (χ0n) is 12.2. The third-order valence-corrected chi connectivity index (χ3v) is 3.28. The summed E-state index contributed by atoms with van der Waals surface area (Å²) in [7, 11) is 4.13. The first-order valence-corrected chi connectivity index (χ1v) is 6.86. The van der Waals surface area contributed by atoms with Crippen LogP contribution in [0.1, 0.15) is 19.4 Å². The van der Waals surface area contributed by atoms with Crippen LogP contribution >= 0.6 is 0 Å². The van der Waals surface area contributed by atoms with E-state index in [-0.39, 0.29) is 0 Å². The van der Waals surface area contributed by atoms with Gasteiger partial charge in [-0.15, -0.1) is 0 Å². The predicted octanol–water partition coefficient (Wildman–Crippen LogP) is 2.18. The molecule has 0 saturated heterocycles. The molecule has 1 N–H and O–H groups in total. The van der Waals surface area contributed by atoms with Crippen LogP contribution in [0.5, 0.6) is 0 Å². The monoisotopic (exact) mass is 249 g/mol. The predicted molar refractivity (Wildman–Crippen MR) is 80.3 cm³/mol. The fourth-order valence-electron chi connectivity index (χ4n) is 1.92. The van der Waals surface area contributed by atoms with Crippen molar-refractivity contribution in [1.29, 1.82) is 0 Å². The standard InChI is InChI=1S/C15H27N3/c1-5-18(6-2)12-11-16-13-14-7-9-15(10-8-14)17(3)4/h7-10,16H,5-6,11-13H2,1-4H3. The van der Waals surface area contributed by atoms with Crippen molar-refractivity contribution in [3.8, 4) is 0 Å². The molecule has 0 heterocycles. The van der Waals surface area contributed by atoms with E-state index in [1.165, 1.54) is 11.3 Å². The minimum absolute atomic E-state index is 0.953. The van der Waals surface area contributed by atoms with Crippen molar-refractivity contribution in [3.63, 3.8) is 0 Å². The van der Waals surface area contributed by atoms with Crippen LogP contribution in [-0.4, -0.2) is 45.2 Å². The Balaban J connectivity index is 2.27. The first-order chi connectivity index (χ1) is 8.67. The number of anilines is 1. The van der Waals surface area contributed by atoms with Gasteiger partial charge in [-0.05, 0) is 30.8 Å². The molecule has 0 bridgehead atoms. The highest BCUT2D eigenvalue weighted by atomic mass is 15.1. The molecule has 1 aromatic rings. The maximum absolute atomic E-state index is 3.49. The number of nitrogens with one attached hydrogen (secondary N) is 1. The summed E-state index contributed by atoms with van der Waals surface area (Å²) < 4.78 is 0. The molecule has 1 aromatic carbocycles. The molecule has 0 aliphatic heterocycles. The summed E-state index contributed by atoms with van der Waals surface area (Å²) in [6.07, 6.45) is 0. The molecule has 0 aromatic heterocycles. The maximum Gasteiger partial charge on any atom is 0.0361 e. The Morgan fingerprint density at radius 1 is 1.00 bits per heavy atom. The SMILES string of the molecule is CCN(CC)CCNCc1ccc(N(C)C)cc1. The van der Waals surface area contributed by atoms with Gasteiger partial charge in [0.05, 0.1) is 0 Å². The summed E-state index contributed by atoms with van der Waals surface area (Å²) in [5, 5.41) is 3.49. The highest BCUT2D eigenvalue weighted by molar-refractivity contribution is 5.45. The number of hydrogen-bond acceptors (Lipinski definition) is 3. The van der Waals surface area contributed by atoms with Crippen LogP contribution in [0.25, 0.3) is 0 Å². The average Bonchev–Trinajstić information content (AvgIpc) is 2.39. The minimum atomic E-state index is 0.953. The van der Waals surface area contributed by atoms with Gasteiger partial charge in [-0.1, -0.05) is 26.0 Å². The van der Waals surface area contributed by atoms with E-state index in [0.29, 0.717) is 0 Å². The second-order valence-electron chi connectivity index (χ2n) is 4.76. The lowest BCUT2D eigenvalue weighted by Gasteiger charge is -2.18. The van der Waals surface area contributed by atoms with Gasteiger partial charge in [0.25, 0.3) is 0 Å². The van der Waals surface area contributed by atoms with Crippen molar-refractivity contribution in [2.45, 2.75) is 20.4 Å². The Morgan fingerprint density at radius 3 is 2.11 bits per heavy atom. The summed E-state index contributed by atoms with van der Waals surface area (Å²) >= 11 is 0. The van der Waals surface area contributed by atoms with Crippen molar-refractivity contribution in [3.05, 3.63) is 29.8 Å². The second kappa shape index (κ2) is 8.11. The molecule has 0 fully saturated rings. The summed E-state index contributed by atoms with van der Waals surface area (Å²) in [4.78, 5) is 4.56. The van der Waals surface area contributed by atoms with Crippen LogP contribution in [0, 0.1) is 0 Å². The Morgan fingerprint density at radius 2 is 1.61 bits per heavy atom. The molecule has 18 heavy (non-hydrogen) atoms. The lowest BCUT2D eigenvalue weighted by molar-refractivity contribution is 0.302. The Hall–Kier alpha value is -1.06. The van der Waals surface area contributed by atoms with Crippen molar-refractivity contribution < 1.29 is 0 Å². The van der Waals surface area contributed by atoms with Crippen LogP contribution in [0.3, 0.4) is 0 Å². The van der Waals surface area contributed by atoms with Crippen molar-refractivity contribution >= 4 is 5.69 Å². The Labute approximate surface area is 112 Å². The van der Waals surface area contributed by atoms with Crippen LogP contribution in [-0.2, 0) is 6.54 Å². The van der Waals surface area contributed by atoms with Gasteiger partial charge in [-0.3, -0.25) is 0 Å². The zero-order chi connectivity index (χ0) is 13.4. The van der Waals surface area contributed by atoms with Crippen LogP contribution in [0.2, 0.25) is 0 Å². The first-order valence-electron chi connectivity index (χ1n) is 6.86. The molecule has 0 spiro atoms. The van der Waals surface area contributed by atoms with Gasteiger partial charge in [0.15, 0.2) is 0 Å². The Kier molecular flexibility index (Phi) is 6.76. The summed E-state index contributed by atoms with van der Waals surface area (Å²) in [5.74, 6) is 0. The zero-order valence-corrected chi connectivity index (χ0v) is 12.2. The van der Waals surface area contributed by atoms with Crippen LogP contribution < -0.4 is 10.2 Å². The summed E-state index contributed by atoms with van der Waals surface area (Å²) in [6.45, 7) is 9.83. The topological polar surface area (TPSA) is 18.5 Å². The molecular formula is C15H27N3. The molecule has 102 valence electrons. The van der Waals surface area contributed by atoms with Gasteiger partial charge in [-0.25, -0.2) is 0 Å². The number of likely N-dealkylation sites (N-methyl/N-ethyl adjacent to an activating group) is 1. The van der Waals surface area contributed by atoms with Crippen molar-refractivity contribution in [2.24, 2.45) is 0 Å². The number of benzene rings is 1. The van der Waals surface area contributed by atoms with E-state index in [9.17, 15) is 0 Å². The molecule has 0 amide bonds. The van der Waals surface area contributed by atoms with Gasteiger partial charge < -0.3 is 15.1 Å². The molecule has 0 saturated carbocycles. The fourth-order valence-corrected chi connectivity index (χ4v) is 1.92. The molecular weight excluding hydrogens is 222 g/mol. The van der Waals surface area contributed by atoms with Gasteiger partial charge in [0.1, 0.15) is 0 Å². The van der Waals surface area contributed by atoms with E-state index in [1.54, 1.807) is 0 Å². The molecule has 3 nitrogen and oxygen atoms in total. The molecule has 0 atom stereocenters. The molecule has 3 heteroatoms. The molecule has 0 unspecified atom stereocenters. The van der Waals surface area contributed by atoms with Crippen LogP contribution in [0.4, 0.5) is 5.69 Å². The summed E-state index contributed by atoms with van der Waals surface area (Å²) in [6, 6.07) is 8.72. The maximum atomic E-state index is 3.49. The highest BCUT2D eigenvalue weighted by Crippen LogP contribution is 2.11. The summed E-state index contributed by atoms with van der Waals surface area (Å²) in [5.41, 5.74) is 2.60. The third kappa shape index (κ3) is 5.07. The fraction of sp³-hybridized carbons (Fsp3) is 0.600. The Bertz CT molecular complexity index is 315. The quantitative estimate of drug-likeness (QED) is 0.713. The highest BCUT2D eigenvalue weighted by Gasteiger charge is 1.99. The number of rotatable bonds is 8. The second-order valence-corrected chi connectivity index (χ2v) is 4.76. The lowest BCUT2D eigenvalue weighted by atomic mass is 10.2. The lowest BCUT2D eigenvalue weighted by Crippen LogP contribution is -2.31. The van der Waals surface area contributed by atoms with Crippen molar-refractivity contribution in [1.82, 2.24) is 10.2 Å². The van der Waals surface area contributed by atoms with Crippen LogP contribution in [0.15, 0.2) is 24.3 Å². The minimum Gasteiger partial charge on any atom is -0.378 e.